The van der Waals surface area contributed by atoms with Crippen LogP contribution in [-0.2, 0) is 11.8 Å². The molecule has 4 aromatic rings. The lowest BCUT2D eigenvalue weighted by atomic mass is 9.68. The van der Waals surface area contributed by atoms with E-state index in [2.05, 4.69) is 51.6 Å². The fourth-order valence-electron chi connectivity index (χ4n) is 4.62. The molecule has 33 heavy (non-hydrogen) atoms. The summed E-state index contributed by atoms with van der Waals surface area (Å²) < 4.78 is 16.9. The second-order valence-electron chi connectivity index (χ2n) is 7.97. The van der Waals surface area contributed by atoms with Gasteiger partial charge >= 0.3 is 0 Å². The van der Waals surface area contributed by atoms with Crippen LogP contribution in [0.15, 0.2) is 73.1 Å². The number of allylic oxidation sites excluding steroid dienone is 1. The second-order valence-corrected chi connectivity index (χ2v) is 7.97. The zero-order valence-corrected chi connectivity index (χ0v) is 18.8. The maximum absolute atomic E-state index is 5.67. The summed E-state index contributed by atoms with van der Waals surface area (Å²) in [6.45, 7) is 0. The summed E-state index contributed by atoms with van der Waals surface area (Å²) in [5, 5.41) is 7.91. The molecule has 2 aromatic heterocycles. The number of ether oxygens (including phenoxy) is 3. The fourth-order valence-corrected chi connectivity index (χ4v) is 4.62. The van der Waals surface area contributed by atoms with Crippen molar-refractivity contribution in [1.82, 2.24) is 15.2 Å². The first kappa shape index (κ1) is 20.8. The van der Waals surface area contributed by atoms with E-state index in [4.69, 9.17) is 14.2 Å². The topological polar surface area (TPSA) is 69.3 Å². The number of nitrogens with one attached hydrogen (secondary N) is 1. The number of H-pyrrole nitrogens is 1. The van der Waals surface area contributed by atoms with Gasteiger partial charge in [0.15, 0.2) is 11.5 Å². The van der Waals surface area contributed by atoms with Crippen molar-refractivity contribution in [1.29, 1.82) is 0 Å². The van der Waals surface area contributed by atoms with Crippen LogP contribution in [0.1, 0.15) is 22.4 Å². The number of nitrogens with zero attached hydrogens (tertiary/aromatic N) is 2. The average molecular weight is 440 g/mol. The van der Waals surface area contributed by atoms with Crippen molar-refractivity contribution < 1.29 is 14.2 Å². The van der Waals surface area contributed by atoms with Gasteiger partial charge in [-0.3, -0.25) is 10.1 Å². The van der Waals surface area contributed by atoms with Crippen molar-refractivity contribution >= 4 is 6.08 Å². The number of hydrogen-bond acceptors (Lipinski definition) is 5. The highest BCUT2D eigenvalue weighted by atomic mass is 16.5. The van der Waals surface area contributed by atoms with Crippen molar-refractivity contribution in [3.05, 3.63) is 95.5 Å². The molecule has 0 aliphatic heterocycles. The number of methoxy groups -OCH3 is 3. The zero-order chi connectivity index (χ0) is 22.8. The second kappa shape index (κ2) is 8.47. The van der Waals surface area contributed by atoms with E-state index in [1.807, 2.05) is 36.5 Å². The van der Waals surface area contributed by atoms with Crippen LogP contribution >= 0.6 is 0 Å². The smallest absolute Gasteiger partial charge is 0.203 e. The Hall–Kier alpha value is -4.06. The van der Waals surface area contributed by atoms with E-state index in [9.17, 15) is 0 Å². The highest BCUT2D eigenvalue weighted by Crippen LogP contribution is 2.47. The van der Waals surface area contributed by atoms with Gasteiger partial charge in [-0.05, 0) is 35.4 Å². The third-order valence-electron chi connectivity index (χ3n) is 6.28. The minimum absolute atomic E-state index is 0.445. The van der Waals surface area contributed by atoms with E-state index in [1.54, 1.807) is 27.5 Å². The van der Waals surface area contributed by atoms with E-state index in [0.29, 0.717) is 23.7 Å². The first-order valence-electron chi connectivity index (χ1n) is 10.7. The number of rotatable bonds is 6. The van der Waals surface area contributed by atoms with Crippen molar-refractivity contribution in [2.75, 3.05) is 21.3 Å². The van der Waals surface area contributed by atoms with Gasteiger partial charge in [0.05, 0.1) is 21.3 Å². The van der Waals surface area contributed by atoms with E-state index in [1.165, 1.54) is 5.56 Å². The van der Waals surface area contributed by atoms with Gasteiger partial charge in [-0.15, -0.1) is 0 Å². The van der Waals surface area contributed by atoms with Gasteiger partial charge in [0, 0.05) is 41.1 Å². The summed E-state index contributed by atoms with van der Waals surface area (Å²) in [5.74, 6) is 1.83. The molecule has 2 aromatic carbocycles. The zero-order valence-electron chi connectivity index (χ0n) is 18.8. The van der Waals surface area contributed by atoms with Crippen LogP contribution in [-0.4, -0.2) is 36.5 Å². The molecule has 1 N–H and O–H groups in total. The lowest BCUT2D eigenvalue weighted by Gasteiger charge is -2.35. The minimum atomic E-state index is -0.445. The Kier molecular flexibility index (Phi) is 5.34. The van der Waals surface area contributed by atoms with Crippen LogP contribution in [0.4, 0.5) is 0 Å². The molecule has 0 spiro atoms. The molecule has 2 heterocycles. The molecule has 0 saturated carbocycles. The van der Waals surface area contributed by atoms with E-state index in [0.717, 1.165) is 28.1 Å². The van der Waals surface area contributed by atoms with Crippen LogP contribution in [0.2, 0.25) is 0 Å². The lowest BCUT2D eigenvalue weighted by molar-refractivity contribution is 0.323. The molecular weight excluding hydrogens is 414 g/mol. The van der Waals surface area contributed by atoms with Gasteiger partial charge < -0.3 is 14.2 Å². The van der Waals surface area contributed by atoms with E-state index >= 15 is 0 Å². The Labute approximate surface area is 192 Å². The van der Waals surface area contributed by atoms with Crippen LogP contribution in [0.5, 0.6) is 17.2 Å². The van der Waals surface area contributed by atoms with Gasteiger partial charge in [-0.2, -0.15) is 5.10 Å². The Balaban J connectivity index is 1.70. The molecule has 1 atom stereocenters. The predicted molar refractivity (Wildman–Crippen MR) is 128 cm³/mol. The van der Waals surface area contributed by atoms with Gasteiger partial charge in [0.2, 0.25) is 5.75 Å². The van der Waals surface area contributed by atoms with Crippen molar-refractivity contribution in [2.45, 2.75) is 11.8 Å². The molecule has 0 fully saturated rings. The molecule has 6 heteroatoms. The Morgan fingerprint density at radius 2 is 1.64 bits per heavy atom. The molecule has 0 bridgehead atoms. The number of pyridine rings is 1. The Morgan fingerprint density at radius 3 is 2.27 bits per heavy atom. The fraction of sp³-hybridized carbons (Fsp3) is 0.185. The third-order valence-corrected chi connectivity index (χ3v) is 6.28. The summed E-state index contributed by atoms with van der Waals surface area (Å²) in [6.07, 6.45) is 8.71. The molecule has 1 unspecified atom stereocenters. The Morgan fingerprint density at radius 1 is 0.879 bits per heavy atom. The molecule has 0 saturated heterocycles. The average Bonchev–Trinajstić information content (AvgIpc) is 3.31. The maximum atomic E-state index is 5.67. The Bertz CT molecular complexity index is 1270. The summed E-state index contributed by atoms with van der Waals surface area (Å²) in [5.41, 5.74) is 5.80. The predicted octanol–water partition coefficient (Wildman–Crippen LogP) is 5.05. The van der Waals surface area contributed by atoms with Crippen LogP contribution in [0.3, 0.4) is 0 Å². The quantitative estimate of drug-likeness (QED) is 0.455. The highest BCUT2D eigenvalue weighted by Gasteiger charge is 2.38. The molecule has 6 nitrogen and oxygen atoms in total. The number of benzene rings is 2. The number of fused-ring (bicyclic) bond motifs is 1. The lowest BCUT2D eigenvalue weighted by Crippen LogP contribution is -2.30. The maximum Gasteiger partial charge on any atom is 0.203 e. The standard InChI is InChI=1S/C27H25N3O3/c1-31-23-14-20(15-24(32-2)26(23)33-3)27(19-9-5-4-6-10-19)12-11-21-22(16-27)29-30-25(21)18-8-7-13-28-17-18/h4-15,17H,16H2,1-3H3,(H,29,30). The molecule has 5 rings (SSSR count). The SMILES string of the molecule is COc1cc(C2(c3ccccc3)C=Cc3c(-c4cccnc4)n[nH]c3C2)cc(OC)c1OC. The van der Waals surface area contributed by atoms with Crippen LogP contribution < -0.4 is 14.2 Å². The minimum Gasteiger partial charge on any atom is -0.493 e. The van der Waals surface area contributed by atoms with Crippen molar-refractivity contribution in [3.8, 4) is 28.5 Å². The van der Waals surface area contributed by atoms with Crippen LogP contribution in [0, 0.1) is 0 Å². The highest BCUT2D eigenvalue weighted by molar-refractivity contribution is 5.76. The molecular formula is C27H25N3O3. The molecule has 0 radical (unpaired) electrons. The number of aromatic amines is 1. The van der Waals surface area contributed by atoms with E-state index < -0.39 is 5.41 Å². The van der Waals surface area contributed by atoms with Crippen molar-refractivity contribution in [3.63, 3.8) is 0 Å². The first-order chi connectivity index (χ1) is 16.2. The van der Waals surface area contributed by atoms with E-state index in [-0.39, 0.29) is 0 Å². The molecule has 0 amide bonds. The molecule has 1 aliphatic carbocycles. The summed E-state index contributed by atoms with van der Waals surface area (Å²) in [4.78, 5) is 4.25. The summed E-state index contributed by atoms with van der Waals surface area (Å²) >= 11 is 0. The number of hydrogen-bond donors (Lipinski definition) is 1. The molecule has 1 aliphatic rings. The van der Waals surface area contributed by atoms with Crippen LogP contribution in [0.25, 0.3) is 17.3 Å². The van der Waals surface area contributed by atoms with Gasteiger partial charge in [-0.25, -0.2) is 0 Å². The normalized spacial score (nSPS) is 16.8. The number of aromatic nitrogens is 3. The monoisotopic (exact) mass is 439 g/mol. The summed E-state index contributed by atoms with van der Waals surface area (Å²) in [7, 11) is 4.89. The molecule has 166 valence electrons. The van der Waals surface area contributed by atoms with Gasteiger partial charge in [-0.1, -0.05) is 42.5 Å². The first-order valence-corrected chi connectivity index (χ1v) is 10.7. The largest absolute Gasteiger partial charge is 0.493 e. The van der Waals surface area contributed by atoms with Gasteiger partial charge in [0.1, 0.15) is 5.69 Å². The summed E-state index contributed by atoms with van der Waals surface area (Å²) in [6, 6.07) is 18.5. The van der Waals surface area contributed by atoms with Crippen molar-refractivity contribution in [2.24, 2.45) is 0 Å². The van der Waals surface area contributed by atoms with Gasteiger partial charge in [0.25, 0.3) is 0 Å². The third kappa shape index (κ3) is 3.44.